The van der Waals surface area contributed by atoms with Crippen molar-refractivity contribution in [3.05, 3.63) is 24.0 Å². The first kappa shape index (κ1) is 16.4. The Hall–Kier alpha value is -0.960. The Bertz CT molecular complexity index is 610. The number of nitrogens with one attached hydrogen (secondary N) is 1. The summed E-state index contributed by atoms with van der Waals surface area (Å²) in [5.41, 5.74) is -5.67. The molecule has 1 saturated heterocycles. The van der Waals surface area contributed by atoms with Gasteiger partial charge < -0.3 is 5.32 Å². The third kappa shape index (κ3) is 3.63. The molecule has 0 radical (unpaired) electrons. The fourth-order valence-electron chi connectivity index (χ4n) is 1.99. The first-order valence-electron chi connectivity index (χ1n) is 6.14. The van der Waals surface area contributed by atoms with E-state index in [2.05, 4.69) is 5.32 Å². The normalized spacial score (nSPS) is 19.7. The van der Waals surface area contributed by atoms with Crippen LogP contribution in [0.15, 0.2) is 23.1 Å². The molecule has 0 aliphatic carbocycles. The van der Waals surface area contributed by atoms with Crippen LogP contribution in [0.5, 0.6) is 0 Å². The minimum absolute atomic E-state index is 0.217. The summed E-state index contributed by atoms with van der Waals surface area (Å²) in [4.78, 5) is -1.07. The van der Waals surface area contributed by atoms with Crippen molar-refractivity contribution in [3.63, 3.8) is 0 Å². The zero-order valence-electron chi connectivity index (χ0n) is 10.8. The quantitative estimate of drug-likeness (QED) is 0.852. The Balaban J connectivity index is 2.29. The summed E-state index contributed by atoms with van der Waals surface area (Å²) < 4.78 is 74.0. The minimum Gasteiger partial charge on any atom is -0.384 e. The summed E-state index contributed by atoms with van der Waals surface area (Å²) in [5, 5.41) is 2.70. The van der Waals surface area contributed by atoms with Crippen molar-refractivity contribution < 1.29 is 26.0 Å². The summed E-state index contributed by atoms with van der Waals surface area (Å²) in [6, 6.07) is 2.35. The highest BCUT2D eigenvalue weighted by molar-refractivity contribution is 7.99. The Morgan fingerprint density at radius 2 is 2.05 bits per heavy atom. The van der Waals surface area contributed by atoms with E-state index in [0.29, 0.717) is 12.6 Å². The van der Waals surface area contributed by atoms with Crippen molar-refractivity contribution in [1.29, 1.82) is 0 Å². The molecule has 0 bridgehead atoms. The maximum atomic E-state index is 13.1. The molecular formula is C12H13F4NO2S2. The maximum Gasteiger partial charge on any atom is 0.501 e. The van der Waals surface area contributed by atoms with Crippen molar-refractivity contribution in [2.24, 2.45) is 5.92 Å². The fourth-order valence-corrected chi connectivity index (χ4v) is 4.22. The smallest absolute Gasteiger partial charge is 0.384 e. The zero-order valence-corrected chi connectivity index (χ0v) is 12.4. The molecular weight excluding hydrogens is 330 g/mol. The van der Waals surface area contributed by atoms with Crippen LogP contribution in [0, 0.1) is 11.7 Å². The van der Waals surface area contributed by atoms with E-state index >= 15 is 0 Å². The van der Waals surface area contributed by atoms with Gasteiger partial charge in [-0.25, -0.2) is 12.8 Å². The van der Waals surface area contributed by atoms with Crippen LogP contribution in [0.4, 0.5) is 23.2 Å². The average molecular weight is 343 g/mol. The van der Waals surface area contributed by atoms with Gasteiger partial charge in [0.25, 0.3) is 9.84 Å². The summed E-state index contributed by atoms with van der Waals surface area (Å²) >= 11 is 1.74. The standard InChI is InChI=1S/C12H13F4NO2S2/c13-9-1-2-10(17-6-8-3-4-20-7-8)11(5-9)21(18,19)12(14,15)16/h1-2,5,8,17H,3-4,6-7H2. The van der Waals surface area contributed by atoms with Gasteiger partial charge in [-0.1, -0.05) is 0 Å². The predicted octanol–water partition coefficient (Wildman–Crippen LogP) is 3.28. The van der Waals surface area contributed by atoms with Gasteiger partial charge >= 0.3 is 5.51 Å². The molecule has 0 saturated carbocycles. The van der Waals surface area contributed by atoms with Gasteiger partial charge in [-0.3, -0.25) is 0 Å². The van der Waals surface area contributed by atoms with Crippen LogP contribution in [-0.2, 0) is 9.84 Å². The lowest BCUT2D eigenvalue weighted by Gasteiger charge is -2.16. The largest absolute Gasteiger partial charge is 0.501 e. The number of hydrogen-bond donors (Lipinski definition) is 1. The van der Waals surface area contributed by atoms with Crippen LogP contribution < -0.4 is 5.32 Å². The molecule has 1 fully saturated rings. The molecule has 1 aromatic carbocycles. The van der Waals surface area contributed by atoms with Crippen molar-refractivity contribution >= 4 is 27.3 Å². The Labute approximate surface area is 124 Å². The molecule has 2 rings (SSSR count). The Kier molecular flexibility index (Phi) is 4.72. The van der Waals surface area contributed by atoms with E-state index in [1.165, 1.54) is 0 Å². The zero-order chi connectivity index (χ0) is 15.7. The number of thioether (sulfide) groups is 1. The highest BCUT2D eigenvalue weighted by Crippen LogP contribution is 2.35. The lowest BCUT2D eigenvalue weighted by molar-refractivity contribution is -0.0435. The second-order valence-electron chi connectivity index (χ2n) is 4.70. The first-order valence-corrected chi connectivity index (χ1v) is 8.78. The number of anilines is 1. The van der Waals surface area contributed by atoms with Gasteiger partial charge in [-0.05, 0) is 42.0 Å². The topological polar surface area (TPSA) is 46.2 Å². The fraction of sp³-hybridized carbons (Fsp3) is 0.500. The SMILES string of the molecule is O=S(=O)(c1cc(F)ccc1NCC1CCSC1)C(F)(F)F. The molecule has 0 aromatic heterocycles. The summed E-state index contributed by atoms with van der Waals surface area (Å²) in [6.45, 7) is 0.360. The van der Waals surface area contributed by atoms with E-state index < -0.39 is 26.1 Å². The van der Waals surface area contributed by atoms with Crippen LogP contribution in [-0.4, -0.2) is 32.0 Å². The van der Waals surface area contributed by atoms with Crippen molar-refractivity contribution in [2.75, 3.05) is 23.4 Å². The molecule has 0 spiro atoms. The second kappa shape index (κ2) is 6.04. The molecule has 0 amide bonds. The average Bonchev–Trinajstić information content (AvgIpc) is 2.89. The molecule has 1 heterocycles. The Morgan fingerprint density at radius 1 is 1.33 bits per heavy atom. The van der Waals surface area contributed by atoms with E-state index in [1.807, 2.05) is 0 Å². The van der Waals surface area contributed by atoms with E-state index in [9.17, 15) is 26.0 Å². The van der Waals surface area contributed by atoms with Crippen LogP contribution in [0.1, 0.15) is 6.42 Å². The van der Waals surface area contributed by atoms with Gasteiger partial charge in [0.05, 0.1) is 5.69 Å². The third-order valence-electron chi connectivity index (χ3n) is 3.14. The molecule has 1 aliphatic heterocycles. The molecule has 1 aliphatic rings. The summed E-state index contributed by atoms with van der Waals surface area (Å²) in [6.07, 6.45) is 0.917. The second-order valence-corrected chi connectivity index (χ2v) is 7.76. The van der Waals surface area contributed by atoms with Crippen molar-refractivity contribution in [1.82, 2.24) is 0 Å². The molecule has 21 heavy (non-hydrogen) atoms. The molecule has 118 valence electrons. The van der Waals surface area contributed by atoms with E-state index in [-0.39, 0.29) is 11.6 Å². The third-order valence-corrected chi connectivity index (χ3v) is 5.90. The van der Waals surface area contributed by atoms with E-state index in [1.54, 1.807) is 11.8 Å². The number of alkyl halides is 3. The van der Waals surface area contributed by atoms with E-state index in [4.69, 9.17) is 0 Å². The maximum absolute atomic E-state index is 13.1. The van der Waals surface area contributed by atoms with Gasteiger partial charge in [0.15, 0.2) is 0 Å². The lowest BCUT2D eigenvalue weighted by atomic mass is 10.1. The summed E-state index contributed by atoms with van der Waals surface area (Å²) in [7, 11) is -5.58. The first-order chi connectivity index (χ1) is 9.72. The van der Waals surface area contributed by atoms with Crippen molar-refractivity contribution in [3.8, 4) is 0 Å². The molecule has 9 heteroatoms. The van der Waals surface area contributed by atoms with Gasteiger partial charge in [0.1, 0.15) is 10.7 Å². The monoisotopic (exact) mass is 343 g/mol. The van der Waals surface area contributed by atoms with Crippen LogP contribution >= 0.6 is 11.8 Å². The van der Waals surface area contributed by atoms with Gasteiger partial charge in [-0.15, -0.1) is 0 Å². The van der Waals surface area contributed by atoms with Gasteiger partial charge in [0.2, 0.25) is 0 Å². The van der Waals surface area contributed by atoms with Gasteiger partial charge in [0, 0.05) is 6.54 Å². The molecule has 3 nitrogen and oxygen atoms in total. The lowest BCUT2D eigenvalue weighted by Crippen LogP contribution is -2.25. The minimum atomic E-state index is -5.58. The predicted molar refractivity (Wildman–Crippen MR) is 73.6 cm³/mol. The highest BCUT2D eigenvalue weighted by Gasteiger charge is 2.48. The molecule has 1 unspecified atom stereocenters. The Morgan fingerprint density at radius 3 is 2.62 bits per heavy atom. The van der Waals surface area contributed by atoms with Crippen LogP contribution in [0.3, 0.4) is 0 Å². The number of benzene rings is 1. The number of sulfone groups is 1. The van der Waals surface area contributed by atoms with Crippen molar-refractivity contribution in [2.45, 2.75) is 16.8 Å². The molecule has 1 aromatic rings. The summed E-state index contributed by atoms with van der Waals surface area (Å²) in [5.74, 6) is 1.08. The highest BCUT2D eigenvalue weighted by atomic mass is 32.2. The van der Waals surface area contributed by atoms with E-state index in [0.717, 1.165) is 30.1 Å². The van der Waals surface area contributed by atoms with Gasteiger partial charge in [-0.2, -0.15) is 24.9 Å². The number of halogens is 4. The molecule has 1 atom stereocenters. The van der Waals surface area contributed by atoms with Crippen LogP contribution in [0.2, 0.25) is 0 Å². The van der Waals surface area contributed by atoms with Crippen LogP contribution in [0.25, 0.3) is 0 Å². The number of hydrogen-bond acceptors (Lipinski definition) is 4. The number of rotatable bonds is 4. The molecule has 1 N–H and O–H groups in total.